The molecular formula is C23H19N2O5-. The molecule has 0 aliphatic carbocycles. The molecule has 3 aromatic carbocycles. The van der Waals surface area contributed by atoms with Gasteiger partial charge in [-0.15, -0.1) is 0 Å². The quantitative estimate of drug-likeness (QED) is 0.631. The van der Waals surface area contributed by atoms with E-state index in [4.69, 9.17) is 4.74 Å². The van der Waals surface area contributed by atoms with Crippen LogP contribution in [0, 0.1) is 0 Å². The van der Waals surface area contributed by atoms with Gasteiger partial charge in [0, 0.05) is 22.4 Å². The predicted molar refractivity (Wildman–Crippen MR) is 111 cm³/mol. The lowest BCUT2D eigenvalue weighted by Crippen LogP contribution is -2.24. The predicted octanol–water partition coefficient (Wildman–Crippen LogP) is 2.95. The number of nitrogens with one attached hydrogen (secondary N) is 2. The maximum atomic E-state index is 12.5. The summed E-state index contributed by atoms with van der Waals surface area (Å²) < 4.78 is 5.36. The van der Waals surface area contributed by atoms with Gasteiger partial charge in [-0.1, -0.05) is 24.3 Å². The van der Waals surface area contributed by atoms with Gasteiger partial charge in [0.1, 0.15) is 5.75 Å². The van der Waals surface area contributed by atoms with E-state index < -0.39 is 11.9 Å². The number of benzene rings is 3. The van der Waals surface area contributed by atoms with Crippen LogP contribution in [0.1, 0.15) is 38.0 Å². The summed E-state index contributed by atoms with van der Waals surface area (Å²) in [4.78, 5) is 36.2. The molecule has 0 aliphatic heterocycles. The molecule has 152 valence electrons. The Bertz CT molecular complexity index is 1080. The molecule has 0 aliphatic rings. The van der Waals surface area contributed by atoms with E-state index in [0.29, 0.717) is 23.6 Å². The van der Waals surface area contributed by atoms with Crippen molar-refractivity contribution in [1.29, 1.82) is 0 Å². The number of hydrogen-bond acceptors (Lipinski definition) is 5. The lowest BCUT2D eigenvalue weighted by Gasteiger charge is -2.12. The van der Waals surface area contributed by atoms with E-state index in [9.17, 15) is 19.5 Å². The molecule has 0 atom stereocenters. The van der Waals surface area contributed by atoms with Crippen LogP contribution < -0.4 is 20.5 Å². The first kappa shape index (κ1) is 20.6. The fraction of sp³-hybridized carbons (Fsp3) is 0.0870. The Labute approximate surface area is 173 Å². The fourth-order valence-electron chi connectivity index (χ4n) is 2.78. The van der Waals surface area contributed by atoms with Crippen LogP contribution >= 0.6 is 0 Å². The minimum atomic E-state index is -1.39. The van der Waals surface area contributed by atoms with Gasteiger partial charge in [-0.3, -0.25) is 9.59 Å². The SMILES string of the molecule is CCOc1ccc(C(=O)Nc2cccc(C(=O)Nc3ccccc3C(=O)[O-])c2)cc1. The Morgan fingerprint density at radius 1 is 0.833 bits per heavy atom. The van der Waals surface area contributed by atoms with Gasteiger partial charge in [0.05, 0.1) is 18.3 Å². The van der Waals surface area contributed by atoms with Crippen molar-refractivity contribution in [2.45, 2.75) is 6.92 Å². The Balaban J connectivity index is 1.72. The summed E-state index contributed by atoms with van der Waals surface area (Å²) in [5.74, 6) is -1.56. The smallest absolute Gasteiger partial charge is 0.255 e. The number of carboxylic acids is 1. The molecule has 3 rings (SSSR count). The number of carboxylic acid groups (broad SMARTS) is 1. The van der Waals surface area contributed by atoms with Crippen molar-refractivity contribution in [3.05, 3.63) is 89.5 Å². The molecular weight excluding hydrogens is 384 g/mol. The third kappa shape index (κ3) is 5.02. The monoisotopic (exact) mass is 403 g/mol. The van der Waals surface area contributed by atoms with Crippen LogP contribution in [0.4, 0.5) is 11.4 Å². The molecule has 2 N–H and O–H groups in total. The summed E-state index contributed by atoms with van der Waals surface area (Å²) in [7, 11) is 0. The first-order valence-corrected chi connectivity index (χ1v) is 9.24. The first-order valence-electron chi connectivity index (χ1n) is 9.24. The van der Waals surface area contributed by atoms with E-state index in [-0.39, 0.29) is 22.7 Å². The molecule has 0 saturated heterocycles. The summed E-state index contributed by atoms with van der Waals surface area (Å²) in [5.41, 5.74) is 1.13. The van der Waals surface area contributed by atoms with E-state index in [1.807, 2.05) is 6.92 Å². The number of carbonyl (C=O) groups excluding carboxylic acids is 3. The van der Waals surface area contributed by atoms with Crippen LogP contribution in [-0.2, 0) is 0 Å². The van der Waals surface area contributed by atoms with E-state index in [1.54, 1.807) is 48.5 Å². The lowest BCUT2D eigenvalue weighted by molar-refractivity contribution is -0.254. The molecule has 0 aromatic heterocycles. The van der Waals surface area contributed by atoms with Crippen molar-refractivity contribution in [2.75, 3.05) is 17.2 Å². The van der Waals surface area contributed by atoms with E-state index in [0.717, 1.165) is 0 Å². The third-order valence-corrected chi connectivity index (χ3v) is 4.21. The molecule has 2 amide bonds. The molecule has 0 radical (unpaired) electrons. The average molecular weight is 403 g/mol. The molecule has 7 heteroatoms. The topological polar surface area (TPSA) is 108 Å². The molecule has 3 aromatic rings. The summed E-state index contributed by atoms with van der Waals surface area (Å²) in [6.45, 7) is 2.41. The zero-order valence-corrected chi connectivity index (χ0v) is 16.2. The molecule has 0 spiro atoms. The summed E-state index contributed by atoms with van der Waals surface area (Å²) in [5, 5.41) is 16.5. The van der Waals surface area contributed by atoms with Gasteiger partial charge in [0.25, 0.3) is 11.8 Å². The molecule has 0 saturated carbocycles. The number of rotatable bonds is 7. The second kappa shape index (κ2) is 9.38. The minimum Gasteiger partial charge on any atom is -0.545 e. The van der Waals surface area contributed by atoms with Gasteiger partial charge < -0.3 is 25.3 Å². The van der Waals surface area contributed by atoms with Crippen molar-refractivity contribution >= 4 is 29.2 Å². The standard InChI is InChI=1S/C23H20N2O5/c1-2-30-18-12-10-15(11-13-18)21(26)24-17-7-5-6-16(14-17)22(27)25-20-9-4-3-8-19(20)23(28)29/h3-14H,2H2,1H3,(H,24,26)(H,25,27)(H,28,29)/p-1. The van der Waals surface area contributed by atoms with Crippen LogP contribution in [-0.4, -0.2) is 24.4 Å². The van der Waals surface area contributed by atoms with Gasteiger partial charge in [0.2, 0.25) is 0 Å². The summed E-state index contributed by atoms with van der Waals surface area (Å²) in [6, 6.07) is 19.0. The van der Waals surface area contributed by atoms with Crippen LogP contribution in [0.2, 0.25) is 0 Å². The van der Waals surface area contributed by atoms with Crippen molar-refractivity contribution in [3.8, 4) is 5.75 Å². The molecule has 0 bridgehead atoms. The molecule has 7 nitrogen and oxygen atoms in total. The molecule has 30 heavy (non-hydrogen) atoms. The normalized spacial score (nSPS) is 10.2. The first-order chi connectivity index (χ1) is 14.5. The van der Waals surface area contributed by atoms with Crippen molar-refractivity contribution < 1.29 is 24.2 Å². The van der Waals surface area contributed by atoms with Crippen molar-refractivity contribution in [1.82, 2.24) is 0 Å². The number of aromatic carboxylic acids is 1. The summed E-state index contributed by atoms with van der Waals surface area (Å²) in [6.07, 6.45) is 0. The zero-order chi connectivity index (χ0) is 21.5. The zero-order valence-electron chi connectivity index (χ0n) is 16.2. The number of carbonyl (C=O) groups is 3. The minimum absolute atomic E-state index is 0.120. The van der Waals surface area contributed by atoms with Crippen LogP contribution in [0.5, 0.6) is 5.75 Å². The van der Waals surface area contributed by atoms with Gasteiger partial charge in [-0.2, -0.15) is 0 Å². The van der Waals surface area contributed by atoms with Crippen molar-refractivity contribution in [2.24, 2.45) is 0 Å². The van der Waals surface area contributed by atoms with Crippen LogP contribution in [0.25, 0.3) is 0 Å². The number of hydrogen-bond donors (Lipinski definition) is 2. The number of para-hydroxylation sites is 1. The molecule has 0 heterocycles. The van der Waals surface area contributed by atoms with E-state index in [1.165, 1.54) is 24.3 Å². The maximum Gasteiger partial charge on any atom is 0.255 e. The number of amides is 2. The Morgan fingerprint density at radius 3 is 2.23 bits per heavy atom. The highest BCUT2D eigenvalue weighted by Gasteiger charge is 2.12. The van der Waals surface area contributed by atoms with Crippen molar-refractivity contribution in [3.63, 3.8) is 0 Å². The van der Waals surface area contributed by atoms with Gasteiger partial charge in [-0.25, -0.2) is 0 Å². The Hall–Kier alpha value is -4.13. The van der Waals surface area contributed by atoms with Gasteiger partial charge in [-0.05, 0) is 55.5 Å². The summed E-state index contributed by atoms with van der Waals surface area (Å²) >= 11 is 0. The second-order valence-electron chi connectivity index (χ2n) is 6.28. The van der Waals surface area contributed by atoms with Gasteiger partial charge in [0.15, 0.2) is 0 Å². The molecule has 0 fully saturated rings. The molecule has 0 unspecified atom stereocenters. The number of ether oxygens (including phenoxy) is 1. The largest absolute Gasteiger partial charge is 0.545 e. The third-order valence-electron chi connectivity index (χ3n) is 4.21. The van der Waals surface area contributed by atoms with E-state index in [2.05, 4.69) is 10.6 Å². The second-order valence-corrected chi connectivity index (χ2v) is 6.28. The van der Waals surface area contributed by atoms with Crippen LogP contribution in [0.15, 0.2) is 72.8 Å². The Morgan fingerprint density at radius 2 is 1.53 bits per heavy atom. The van der Waals surface area contributed by atoms with Gasteiger partial charge >= 0.3 is 0 Å². The Kier molecular flexibility index (Phi) is 6.44. The highest BCUT2D eigenvalue weighted by atomic mass is 16.5. The highest BCUT2D eigenvalue weighted by Crippen LogP contribution is 2.18. The fourth-order valence-corrected chi connectivity index (χ4v) is 2.78. The lowest BCUT2D eigenvalue weighted by atomic mass is 10.1. The van der Waals surface area contributed by atoms with E-state index >= 15 is 0 Å². The number of anilines is 2. The van der Waals surface area contributed by atoms with Crippen LogP contribution in [0.3, 0.4) is 0 Å². The highest BCUT2D eigenvalue weighted by molar-refractivity contribution is 6.09. The average Bonchev–Trinajstić information content (AvgIpc) is 2.75. The maximum absolute atomic E-state index is 12.5.